The lowest BCUT2D eigenvalue weighted by molar-refractivity contribution is 0.194. The average molecular weight is 1140 g/mol. The quantitative estimate of drug-likeness (QED) is 0.159. The molecule has 0 saturated heterocycles. The Morgan fingerprint density at radius 2 is 1.03 bits per heavy atom. The van der Waals surface area contributed by atoms with Crippen LogP contribution in [-0.4, -0.2) is 17.8 Å². The normalized spacial score (nSPS) is 22.8. The maximum absolute atomic E-state index is 2.84. The second-order valence-electron chi connectivity index (χ2n) is 29.7. The molecule has 9 aromatic carbocycles. The molecule has 0 spiro atoms. The minimum absolute atomic E-state index is 0.000105. The molecule has 4 atom stereocenters. The highest BCUT2D eigenvalue weighted by molar-refractivity contribution is 7.26. The van der Waals surface area contributed by atoms with Gasteiger partial charge in [0.2, 0.25) is 0 Å². The van der Waals surface area contributed by atoms with Crippen molar-refractivity contribution in [3.8, 4) is 11.1 Å². The summed E-state index contributed by atoms with van der Waals surface area (Å²) >= 11 is 1.92. The highest BCUT2D eigenvalue weighted by atomic mass is 32.1. The lowest BCUT2D eigenvalue weighted by Gasteiger charge is -2.51. The Balaban J connectivity index is 1.06. The maximum Gasteiger partial charge on any atom is 0.252 e. The Kier molecular flexibility index (Phi) is 11.6. The molecule has 2 fully saturated rings. The van der Waals surface area contributed by atoms with Crippen molar-refractivity contribution in [2.45, 2.75) is 167 Å². The van der Waals surface area contributed by atoms with E-state index >= 15 is 0 Å². The van der Waals surface area contributed by atoms with E-state index in [1.54, 1.807) is 5.56 Å². The van der Waals surface area contributed by atoms with Crippen LogP contribution in [0.3, 0.4) is 0 Å². The summed E-state index contributed by atoms with van der Waals surface area (Å²) in [5.74, 6) is 0. The van der Waals surface area contributed by atoms with Crippen LogP contribution in [0, 0.1) is 13.8 Å². The number of para-hydroxylation sites is 1. The first-order valence-electron chi connectivity index (χ1n) is 32.2. The molecule has 86 heavy (non-hydrogen) atoms. The number of fused-ring (bicyclic) bond motifs is 13. The van der Waals surface area contributed by atoms with Gasteiger partial charge >= 0.3 is 0 Å². The van der Waals surface area contributed by atoms with Gasteiger partial charge in [-0.1, -0.05) is 184 Å². The molecule has 6 aliphatic rings. The molecule has 1 aromatic heterocycles. The summed E-state index contributed by atoms with van der Waals surface area (Å²) in [5.41, 5.74) is 27.2. The van der Waals surface area contributed by atoms with Gasteiger partial charge < -0.3 is 19.6 Å². The highest BCUT2D eigenvalue weighted by Crippen LogP contribution is 2.64. The summed E-state index contributed by atoms with van der Waals surface area (Å²) < 4.78 is 2.63. The molecule has 10 aromatic rings. The molecule has 5 heterocycles. The van der Waals surface area contributed by atoms with Gasteiger partial charge in [0.05, 0.1) is 22.5 Å². The van der Waals surface area contributed by atoms with Crippen molar-refractivity contribution in [3.05, 3.63) is 209 Å². The molecular weight excluding hydrogens is 1060 g/mol. The predicted octanol–water partition coefficient (Wildman–Crippen LogP) is 20.5. The summed E-state index contributed by atoms with van der Waals surface area (Å²) in [7, 11) is 0. The maximum atomic E-state index is 2.84. The van der Waals surface area contributed by atoms with Crippen LogP contribution in [0.25, 0.3) is 31.3 Å². The molecule has 4 nitrogen and oxygen atoms in total. The van der Waals surface area contributed by atoms with Gasteiger partial charge in [-0.15, -0.1) is 11.3 Å². The van der Waals surface area contributed by atoms with E-state index in [9.17, 15) is 0 Å². The smallest absolute Gasteiger partial charge is 0.252 e. The number of hydrogen-bond acceptors (Lipinski definition) is 5. The fraction of sp³-hybridized carbons (Fsp3) is 0.325. The lowest BCUT2D eigenvalue weighted by Crippen LogP contribution is -2.62. The Labute approximate surface area is 515 Å². The van der Waals surface area contributed by atoms with Gasteiger partial charge in [0.1, 0.15) is 0 Å². The molecule has 0 radical (unpaired) electrons. The topological polar surface area (TPSA) is 13.0 Å². The number of hydrogen-bond donors (Lipinski definition) is 0. The van der Waals surface area contributed by atoms with Crippen molar-refractivity contribution in [1.82, 2.24) is 0 Å². The lowest BCUT2D eigenvalue weighted by atomic mass is 9.33. The Bertz CT molecular complexity index is 4480. The van der Waals surface area contributed by atoms with E-state index in [4.69, 9.17) is 0 Å². The van der Waals surface area contributed by atoms with E-state index in [0.717, 1.165) is 12.8 Å². The van der Waals surface area contributed by atoms with Crippen molar-refractivity contribution in [1.29, 1.82) is 0 Å². The minimum atomic E-state index is -0.173. The number of aryl methyl sites for hydroxylation is 2. The van der Waals surface area contributed by atoms with Gasteiger partial charge in [-0.2, -0.15) is 0 Å². The van der Waals surface area contributed by atoms with Crippen molar-refractivity contribution in [3.63, 3.8) is 0 Å². The first-order chi connectivity index (χ1) is 41.2. The molecule has 4 unspecified atom stereocenters. The van der Waals surface area contributed by atoms with Crippen LogP contribution >= 0.6 is 11.3 Å². The van der Waals surface area contributed by atoms with Gasteiger partial charge in [-0.05, 0) is 192 Å². The second kappa shape index (κ2) is 18.5. The number of thiophene rings is 1. The van der Waals surface area contributed by atoms with Crippen LogP contribution in [0.5, 0.6) is 0 Å². The second-order valence-corrected chi connectivity index (χ2v) is 30.7. The molecule has 6 heteroatoms. The summed E-state index contributed by atoms with van der Waals surface area (Å²) in [6, 6.07) is 70.0. The fourth-order valence-corrected chi connectivity index (χ4v) is 19.2. The van der Waals surface area contributed by atoms with Gasteiger partial charge in [0.25, 0.3) is 6.71 Å². The summed E-state index contributed by atoms with van der Waals surface area (Å²) in [6.07, 6.45) is 9.55. The van der Waals surface area contributed by atoms with Crippen LogP contribution in [-0.2, 0) is 21.7 Å². The van der Waals surface area contributed by atoms with Gasteiger partial charge in [0, 0.05) is 82.1 Å². The molecule has 0 N–H and O–H groups in total. The standard InChI is InChI=1S/C80H81BN4S/c1-50-43-51(2)73-67(44-50)84(80(12)42-23-21-40-78(73,80)10)55-35-36-60-66(47-55)83(65-30-24-32-71-72(65)57-27-16-19-31-70(57)86-71)69-49-56(85-63-29-18-17-28-59(63)77(9)39-20-22-41-79(77,85)11)48-68-74(69)81(60)61-46-54(76(6,7)8)34-38-64(61)82(68)62-37-33-53(75(3,4)5)45-58(62)52-25-14-13-15-26-52/h13-19,24-38,43-49H,20-23,39-42H2,1-12H3. The van der Waals surface area contributed by atoms with E-state index in [1.807, 2.05) is 11.3 Å². The summed E-state index contributed by atoms with van der Waals surface area (Å²) in [5, 5.41) is 2.63. The van der Waals surface area contributed by atoms with Crippen molar-refractivity contribution < 1.29 is 0 Å². The van der Waals surface area contributed by atoms with E-state index in [2.05, 4.69) is 279 Å². The van der Waals surface area contributed by atoms with Gasteiger partial charge in [-0.25, -0.2) is 0 Å². The molecule has 2 aliphatic carbocycles. The molecule has 430 valence electrons. The van der Waals surface area contributed by atoms with Gasteiger partial charge in [-0.3, -0.25) is 0 Å². The Hall–Kier alpha value is -7.54. The Morgan fingerprint density at radius 1 is 0.442 bits per heavy atom. The zero-order valence-electron chi connectivity index (χ0n) is 52.7. The zero-order chi connectivity index (χ0) is 59.2. The molecule has 16 rings (SSSR count). The van der Waals surface area contributed by atoms with E-state index < -0.39 is 0 Å². The monoisotopic (exact) mass is 1140 g/mol. The summed E-state index contributed by atoms with van der Waals surface area (Å²) in [4.78, 5) is 11.2. The first-order valence-corrected chi connectivity index (χ1v) is 33.0. The average Bonchev–Trinajstić information content (AvgIpc) is 1.25. The molecular formula is C80H81BN4S. The van der Waals surface area contributed by atoms with E-state index in [-0.39, 0.29) is 39.5 Å². The third-order valence-electron chi connectivity index (χ3n) is 22.8. The Morgan fingerprint density at radius 3 is 1.78 bits per heavy atom. The van der Waals surface area contributed by atoms with Crippen molar-refractivity contribution >= 4 is 111 Å². The minimum Gasteiger partial charge on any atom is -0.334 e. The SMILES string of the molecule is Cc1cc(C)c2c(c1)N(c1ccc3c(c1)N(c1cccc4sc5ccccc5c14)c1cc(N4c5ccccc5C5(C)CCCCC45C)cc4c1B3c1cc(C(C)(C)C)ccc1N4c1ccc(C(C)(C)C)cc1-c1ccccc1)C1(C)CCCCC21C. The number of nitrogens with zero attached hydrogens (tertiary/aromatic N) is 4. The molecule has 0 amide bonds. The van der Waals surface area contributed by atoms with Crippen LogP contribution in [0.1, 0.15) is 154 Å². The van der Waals surface area contributed by atoms with E-state index in [0.29, 0.717) is 0 Å². The fourth-order valence-electron chi connectivity index (χ4n) is 18.1. The number of rotatable bonds is 5. The third-order valence-corrected chi connectivity index (χ3v) is 23.9. The predicted molar refractivity (Wildman–Crippen MR) is 371 cm³/mol. The molecule has 2 saturated carbocycles. The van der Waals surface area contributed by atoms with Crippen LogP contribution < -0.4 is 36.0 Å². The third kappa shape index (κ3) is 7.35. The van der Waals surface area contributed by atoms with Crippen LogP contribution in [0.15, 0.2) is 176 Å². The largest absolute Gasteiger partial charge is 0.334 e. The van der Waals surface area contributed by atoms with Crippen LogP contribution in [0.2, 0.25) is 0 Å². The zero-order valence-corrected chi connectivity index (χ0v) is 53.5. The highest BCUT2D eigenvalue weighted by Gasteiger charge is 2.60. The molecule has 0 bridgehead atoms. The van der Waals surface area contributed by atoms with E-state index in [1.165, 1.54) is 171 Å². The van der Waals surface area contributed by atoms with Crippen molar-refractivity contribution in [2.24, 2.45) is 0 Å². The first kappa shape index (κ1) is 53.9. The summed E-state index contributed by atoms with van der Waals surface area (Å²) in [6.45, 7) is 29.2. The number of anilines is 10. The van der Waals surface area contributed by atoms with Crippen LogP contribution in [0.4, 0.5) is 56.9 Å². The van der Waals surface area contributed by atoms with Crippen molar-refractivity contribution in [2.75, 3.05) is 19.6 Å². The number of benzene rings is 9. The van der Waals surface area contributed by atoms with Gasteiger partial charge in [0.15, 0.2) is 0 Å². The molecule has 4 aliphatic heterocycles.